The molecule has 1 aliphatic rings. The predicted octanol–water partition coefficient (Wildman–Crippen LogP) is 2.27. The summed E-state index contributed by atoms with van der Waals surface area (Å²) < 4.78 is 0. The Labute approximate surface area is 134 Å². The number of carbonyl (C=O) groups excluding carboxylic acids is 2. The molecule has 0 heterocycles. The molecule has 1 saturated carbocycles. The molecule has 1 atom stereocenters. The molecule has 1 rings (SSSR count). The van der Waals surface area contributed by atoms with E-state index in [1.54, 1.807) is 6.92 Å². The number of aliphatic hydroxyl groups is 1. The van der Waals surface area contributed by atoms with E-state index >= 15 is 0 Å². The third kappa shape index (κ3) is 9.03. The SMILES string of the molecule is CC(O)CNC(=O)C(=O)NC1CCCCCCCCCCC1. The van der Waals surface area contributed by atoms with Crippen molar-refractivity contribution in [3.05, 3.63) is 0 Å². The Morgan fingerprint density at radius 2 is 1.36 bits per heavy atom. The summed E-state index contributed by atoms with van der Waals surface area (Å²) in [6.07, 6.45) is 12.4. The van der Waals surface area contributed by atoms with Crippen LogP contribution in [0.15, 0.2) is 0 Å². The normalized spacial score (nSPS) is 20.3. The fourth-order valence-corrected chi connectivity index (χ4v) is 2.88. The lowest BCUT2D eigenvalue weighted by Crippen LogP contribution is -2.46. The number of hydrogen-bond donors (Lipinski definition) is 3. The van der Waals surface area contributed by atoms with Gasteiger partial charge in [0.25, 0.3) is 0 Å². The molecule has 0 spiro atoms. The van der Waals surface area contributed by atoms with Gasteiger partial charge >= 0.3 is 11.8 Å². The lowest BCUT2D eigenvalue weighted by molar-refractivity contribution is -0.139. The second-order valence-electron chi connectivity index (χ2n) is 6.49. The van der Waals surface area contributed by atoms with Crippen molar-refractivity contribution in [2.75, 3.05) is 6.54 Å². The molecule has 1 fully saturated rings. The van der Waals surface area contributed by atoms with Crippen LogP contribution < -0.4 is 10.6 Å². The van der Waals surface area contributed by atoms with Gasteiger partial charge in [-0.3, -0.25) is 9.59 Å². The lowest BCUT2D eigenvalue weighted by Gasteiger charge is -2.19. The molecule has 128 valence electrons. The molecule has 0 aromatic heterocycles. The molecule has 0 aromatic rings. The second kappa shape index (κ2) is 11.5. The molecule has 2 amide bonds. The van der Waals surface area contributed by atoms with Crippen LogP contribution in [0.5, 0.6) is 0 Å². The van der Waals surface area contributed by atoms with Crippen LogP contribution in [0.4, 0.5) is 0 Å². The Morgan fingerprint density at radius 3 is 1.82 bits per heavy atom. The highest BCUT2D eigenvalue weighted by Gasteiger charge is 2.18. The summed E-state index contributed by atoms with van der Waals surface area (Å²) in [4.78, 5) is 23.6. The van der Waals surface area contributed by atoms with Crippen molar-refractivity contribution in [3.63, 3.8) is 0 Å². The number of rotatable bonds is 3. The average Bonchev–Trinajstić information content (AvgIpc) is 2.47. The van der Waals surface area contributed by atoms with Gasteiger partial charge in [0.05, 0.1) is 6.10 Å². The van der Waals surface area contributed by atoms with Crippen molar-refractivity contribution < 1.29 is 14.7 Å². The van der Waals surface area contributed by atoms with Crippen LogP contribution in [-0.4, -0.2) is 35.6 Å². The highest BCUT2D eigenvalue weighted by molar-refractivity contribution is 6.35. The minimum Gasteiger partial charge on any atom is -0.392 e. The van der Waals surface area contributed by atoms with Gasteiger partial charge in [-0.1, -0.05) is 57.8 Å². The van der Waals surface area contributed by atoms with E-state index in [2.05, 4.69) is 10.6 Å². The van der Waals surface area contributed by atoms with E-state index in [1.807, 2.05) is 0 Å². The summed E-state index contributed by atoms with van der Waals surface area (Å²) in [5.74, 6) is -1.22. The van der Waals surface area contributed by atoms with Gasteiger partial charge in [0.2, 0.25) is 0 Å². The van der Waals surface area contributed by atoms with Crippen molar-refractivity contribution >= 4 is 11.8 Å². The van der Waals surface area contributed by atoms with Crippen LogP contribution in [0.25, 0.3) is 0 Å². The largest absolute Gasteiger partial charge is 0.392 e. The second-order valence-corrected chi connectivity index (χ2v) is 6.49. The Bertz CT molecular complexity index is 320. The lowest BCUT2D eigenvalue weighted by atomic mass is 9.98. The van der Waals surface area contributed by atoms with E-state index in [-0.39, 0.29) is 12.6 Å². The smallest absolute Gasteiger partial charge is 0.309 e. The molecule has 0 aromatic carbocycles. The van der Waals surface area contributed by atoms with Gasteiger partial charge in [-0.2, -0.15) is 0 Å². The first-order chi connectivity index (χ1) is 10.6. The van der Waals surface area contributed by atoms with E-state index in [4.69, 9.17) is 5.11 Å². The van der Waals surface area contributed by atoms with Crippen molar-refractivity contribution in [2.24, 2.45) is 0 Å². The van der Waals surface area contributed by atoms with Crippen LogP contribution in [0.2, 0.25) is 0 Å². The molecule has 22 heavy (non-hydrogen) atoms. The molecule has 5 nitrogen and oxygen atoms in total. The van der Waals surface area contributed by atoms with Gasteiger partial charge in [-0.15, -0.1) is 0 Å². The molecule has 0 bridgehead atoms. The summed E-state index contributed by atoms with van der Waals surface area (Å²) in [5.41, 5.74) is 0. The van der Waals surface area contributed by atoms with Crippen LogP contribution >= 0.6 is 0 Å². The van der Waals surface area contributed by atoms with E-state index in [0.29, 0.717) is 0 Å². The van der Waals surface area contributed by atoms with E-state index in [9.17, 15) is 9.59 Å². The summed E-state index contributed by atoms with van der Waals surface area (Å²) >= 11 is 0. The van der Waals surface area contributed by atoms with Crippen LogP contribution in [0.3, 0.4) is 0 Å². The quantitative estimate of drug-likeness (QED) is 0.700. The molecule has 1 aliphatic carbocycles. The first-order valence-corrected chi connectivity index (χ1v) is 8.86. The van der Waals surface area contributed by atoms with Crippen molar-refractivity contribution in [3.8, 4) is 0 Å². The number of aliphatic hydroxyl groups excluding tert-OH is 1. The topological polar surface area (TPSA) is 78.4 Å². The highest BCUT2D eigenvalue weighted by atomic mass is 16.3. The maximum Gasteiger partial charge on any atom is 0.309 e. The number of carbonyl (C=O) groups is 2. The Morgan fingerprint density at radius 1 is 0.909 bits per heavy atom. The molecular weight excluding hydrogens is 280 g/mol. The number of hydrogen-bond acceptors (Lipinski definition) is 3. The van der Waals surface area contributed by atoms with Gasteiger partial charge in [-0.05, 0) is 19.8 Å². The summed E-state index contributed by atoms with van der Waals surface area (Å²) in [6.45, 7) is 1.68. The molecular formula is C17H32N2O3. The summed E-state index contributed by atoms with van der Waals surface area (Å²) in [7, 11) is 0. The Kier molecular flexibility index (Phi) is 9.87. The predicted molar refractivity (Wildman–Crippen MR) is 87.4 cm³/mol. The van der Waals surface area contributed by atoms with E-state index < -0.39 is 17.9 Å². The minimum atomic E-state index is -0.646. The highest BCUT2D eigenvalue weighted by Crippen LogP contribution is 2.16. The summed E-state index contributed by atoms with van der Waals surface area (Å²) in [5, 5.41) is 14.4. The fraction of sp³-hybridized carbons (Fsp3) is 0.882. The van der Waals surface area contributed by atoms with Crippen LogP contribution in [0.1, 0.15) is 77.6 Å². The van der Waals surface area contributed by atoms with Crippen molar-refractivity contribution in [2.45, 2.75) is 89.7 Å². The maximum atomic E-state index is 11.9. The van der Waals surface area contributed by atoms with Crippen LogP contribution in [0, 0.1) is 0 Å². The third-order valence-electron chi connectivity index (χ3n) is 4.20. The molecule has 5 heteroatoms. The molecule has 0 radical (unpaired) electrons. The Hall–Kier alpha value is -1.10. The first kappa shape index (κ1) is 18.9. The van der Waals surface area contributed by atoms with Crippen molar-refractivity contribution in [1.82, 2.24) is 10.6 Å². The van der Waals surface area contributed by atoms with E-state index in [0.717, 1.165) is 25.7 Å². The zero-order valence-corrected chi connectivity index (χ0v) is 13.9. The Balaban J connectivity index is 2.37. The molecule has 3 N–H and O–H groups in total. The van der Waals surface area contributed by atoms with Gasteiger partial charge in [0.1, 0.15) is 0 Å². The van der Waals surface area contributed by atoms with Crippen LogP contribution in [-0.2, 0) is 9.59 Å². The molecule has 1 unspecified atom stereocenters. The van der Waals surface area contributed by atoms with E-state index in [1.165, 1.54) is 44.9 Å². The number of amides is 2. The maximum absolute atomic E-state index is 11.9. The fourth-order valence-electron chi connectivity index (χ4n) is 2.88. The average molecular weight is 312 g/mol. The number of nitrogens with one attached hydrogen (secondary N) is 2. The molecule has 0 aliphatic heterocycles. The molecule has 0 saturated heterocycles. The van der Waals surface area contributed by atoms with Gasteiger partial charge in [-0.25, -0.2) is 0 Å². The minimum absolute atomic E-state index is 0.101. The third-order valence-corrected chi connectivity index (χ3v) is 4.20. The zero-order chi connectivity index (χ0) is 16.2. The van der Waals surface area contributed by atoms with Gasteiger partial charge < -0.3 is 15.7 Å². The monoisotopic (exact) mass is 312 g/mol. The van der Waals surface area contributed by atoms with Gasteiger partial charge in [0, 0.05) is 12.6 Å². The summed E-state index contributed by atoms with van der Waals surface area (Å²) in [6, 6.07) is 0.101. The standard InChI is InChI=1S/C17H32N2O3/c1-14(20)13-18-16(21)17(22)19-15-11-9-7-5-3-2-4-6-8-10-12-15/h14-15,20H,2-13H2,1H3,(H,18,21)(H,19,22). The first-order valence-electron chi connectivity index (χ1n) is 8.86. The van der Waals surface area contributed by atoms with Crippen molar-refractivity contribution in [1.29, 1.82) is 0 Å². The van der Waals surface area contributed by atoms with Gasteiger partial charge in [0.15, 0.2) is 0 Å². The zero-order valence-electron chi connectivity index (χ0n) is 13.9.